The van der Waals surface area contributed by atoms with Crippen LogP contribution in [0.3, 0.4) is 0 Å². The summed E-state index contributed by atoms with van der Waals surface area (Å²) in [5.74, 6) is -0.184. The van der Waals surface area contributed by atoms with Crippen molar-refractivity contribution < 1.29 is 14.3 Å². The monoisotopic (exact) mass is 371 g/mol. The molecule has 3 aromatic rings. The predicted octanol–water partition coefficient (Wildman–Crippen LogP) is 3.52. The maximum absolute atomic E-state index is 11.7. The molecule has 3 rings (SSSR count). The molecule has 0 saturated heterocycles. The number of carbonyl (C=O) groups is 2. The number of hydrogen-bond donors (Lipinski definition) is 2. The number of rotatable bonds is 5. The third-order valence-electron chi connectivity index (χ3n) is 4.07. The van der Waals surface area contributed by atoms with Gasteiger partial charge in [-0.25, -0.2) is 4.79 Å². The van der Waals surface area contributed by atoms with Crippen LogP contribution in [0.15, 0.2) is 72.3 Å². The van der Waals surface area contributed by atoms with Gasteiger partial charge < -0.3 is 10.5 Å². The predicted molar refractivity (Wildman–Crippen MR) is 106 cm³/mol. The number of imide groups is 1. The molecule has 138 valence electrons. The maximum Gasteiger partial charge on any atom is 0.319 e. The van der Waals surface area contributed by atoms with Gasteiger partial charge in [0.25, 0.3) is 5.91 Å². The van der Waals surface area contributed by atoms with Crippen molar-refractivity contribution in [3.8, 4) is 11.8 Å². The van der Waals surface area contributed by atoms with E-state index in [1.54, 1.807) is 30.3 Å². The molecule has 3 amide bonds. The lowest BCUT2D eigenvalue weighted by Crippen LogP contribution is -2.35. The summed E-state index contributed by atoms with van der Waals surface area (Å²) in [5, 5.41) is 13.2. The highest BCUT2D eigenvalue weighted by molar-refractivity contribution is 6.08. The van der Waals surface area contributed by atoms with Gasteiger partial charge in [0.2, 0.25) is 0 Å². The molecule has 28 heavy (non-hydrogen) atoms. The fourth-order valence-corrected chi connectivity index (χ4v) is 2.73. The molecule has 3 aromatic carbocycles. The van der Waals surface area contributed by atoms with Crippen LogP contribution in [-0.2, 0) is 11.4 Å². The first-order chi connectivity index (χ1) is 13.6. The highest BCUT2D eigenvalue weighted by atomic mass is 16.5. The average Bonchev–Trinajstić information content (AvgIpc) is 2.70. The van der Waals surface area contributed by atoms with Crippen molar-refractivity contribution in [3.05, 3.63) is 83.4 Å². The van der Waals surface area contributed by atoms with Crippen molar-refractivity contribution in [2.45, 2.75) is 6.61 Å². The molecular weight excluding hydrogens is 354 g/mol. The van der Waals surface area contributed by atoms with Crippen molar-refractivity contribution in [2.24, 2.45) is 5.73 Å². The number of nitrogens with one attached hydrogen (secondary N) is 1. The summed E-state index contributed by atoms with van der Waals surface area (Å²) < 4.78 is 5.86. The minimum Gasteiger partial charge on any atom is -0.489 e. The van der Waals surface area contributed by atoms with Gasteiger partial charge in [-0.2, -0.15) is 5.26 Å². The number of ether oxygens (including phenoxy) is 1. The second-order valence-electron chi connectivity index (χ2n) is 5.98. The molecular formula is C22H17N3O3. The lowest BCUT2D eigenvalue weighted by molar-refractivity contribution is -0.115. The van der Waals surface area contributed by atoms with Crippen LogP contribution in [0.25, 0.3) is 16.8 Å². The standard InChI is InChI=1S/C22H17N3O3/c23-13-18(21(26)25-22(24)27)12-15-8-10-19(11-9-15)28-14-17-6-3-5-16-4-1-2-7-20(16)17/h1-12H,14H2,(H3,24,25,26,27)/b18-12-. The van der Waals surface area contributed by atoms with Crippen LogP contribution in [0.4, 0.5) is 4.79 Å². The van der Waals surface area contributed by atoms with Gasteiger partial charge in [-0.15, -0.1) is 0 Å². The first-order valence-corrected chi connectivity index (χ1v) is 8.49. The minimum atomic E-state index is -1.01. The molecule has 0 unspecified atom stereocenters. The molecule has 0 saturated carbocycles. The molecule has 0 aromatic heterocycles. The van der Waals surface area contributed by atoms with Crippen LogP contribution in [-0.4, -0.2) is 11.9 Å². The van der Waals surface area contributed by atoms with E-state index < -0.39 is 11.9 Å². The van der Waals surface area contributed by atoms with E-state index in [9.17, 15) is 9.59 Å². The van der Waals surface area contributed by atoms with E-state index in [2.05, 4.69) is 18.2 Å². The van der Waals surface area contributed by atoms with E-state index in [1.807, 2.05) is 29.6 Å². The van der Waals surface area contributed by atoms with Gasteiger partial charge in [0, 0.05) is 0 Å². The number of nitrogens with two attached hydrogens (primary N) is 1. The fraction of sp³-hybridized carbons (Fsp3) is 0.0455. The molecule has 6 nitrogen and oxygen atoms in total. The van der Waals surface area contributed by atoms with Crippen LogP contribution in [0.2, 0.25) is 0 Å². The minimum absolute atomic E-state index is 0.219. The first-order valence-electron chi connectivity index (χ1n) is 8.49. The number of amides is 3. The SMILES string of the molecule is N#C/C(=C/c1ccc(OCc2cccc3ccccc23)cc1)C(=O)NC(N)=O. The summed E-state index contributed by atoms with van der Waals surface area (Å²) in [7, 11) is 0. The quantitative estimate of drug-likeness (QED) is 0.529. The molecule has 0 aliphatic carbocycles. The van der Waals surface area contributed by atoms with Gasteiger partial charge in [-0.1, -0.05) is 54.6 Å². The first kappa shape index (κ1) is 18.7. The Hall–Kier alpha value is -4.11. The molecule has 0 fully saturated rings. The van der Waals surface area contributed by atoms with E-state index in [0.717, 1.165) is 16.3 Å². The Labute approximate surface area is 161 Å². The summed E-state index contributed by atoms with van der Waals surface area (Å²) in [6.45, 7) is 0.418. The van der Waals surface area contributed by atoms with Gasteiger partial charge in [-0.05, 0) is 40.1 Å². The van der Waals surface area contributed by atoms with E-state index in [0.29, 0.717) is 17.9 Å². The molecule has 6 heteroatoms. The second kappa shape index (κ2) is 8.52. The van der Waals surface area contributed by atoms with E-state index in [-0.39, 0.29) is 5.57 Å². The molecule has 0 aliphatic rings. The lowest BCUT2D eigenvalue weighted by atomic mass is 10.1. The Kier molecular flexibility index (Phi) is 5.68. The van der Waals surface area contributed by atoms with Crippen molar-refractivity contribution in [3.63, 3.8) is 0 Å². The number of hydrogen-bond acceptors (Lipinski definition) is 4. The number of benzene rings is 3. The van der Waals surface area contributed by atoms with E-state index in [4.69, 9.17) is 15.7 Å². The Morgan fingerprint density at radius 1 is 1.04 bits per heavy atom. The number of fused-ring (bicyclic) bond motifs is 1. The van der Waals surface area contributed by atoms with E-state index >= 15 is 0 Å². The van der Waals surface area contributed by atoms with Gasteiger partial charge in [-0.3, -0.25) is 10.1 Å². The molecule has 3 N–H and O–H groups in total. The molecule has 0 atom stereocenters. The van der Waals surface area contributed by atoms with Gasteiger partial charge in [0.1, 0.15) is 24.0 Å². The number of urea groups is 1. The maximum atomic E-state index is 11.7. The smallest absolute Gasteiger partial charge is 0.319 e. The average molecular weight is 371 g/mol. The van der Waals surface area contributed by atoms with E-state index in [1.165, 1.54) is 6.08 Å². The zero-order chi connectivity index (χ0) is 19.9. The summed E-state index contributed by atoms with van der Waals surface area (Å²) in [6, 6.07) is 21.8. The number of nitriles is 1. The van der Waals surface area contributed by atoms with Gasteiger partial charge in [0.15, 0.2) is 0 Å². The van der Waals surface area contributed by atoms with Crippen LogP contribution < -0.4 is 15.8 Å². The second-order valence-corrected chi connectivity index (χ2v) is 5.98. The highest BCUT2D eigenvalue weighted by Crippen LogP contribution is 2.21. The highest BCUT2D eigenvalue weighted by Gasteiger charge is 2.10. The largest absolute Gasteiger partial charge is 0.489 e. The van der Waals surface area contributed by atoms with Crippen molar-refractivity contribution in [1.29, 1.82) is 5.26 Å². The van der Waals surface area contributed by atoms with Gasteiger partial charge in [0.05, 0.1) is 0 Å². The fourth-order valence-electron chi connectivity index (χ4n) is 2.73. The van der Waals surface area contributed by atoms with Crippen LogP contribution in [0.1, 0.15) is 11.1 Å². The zero-order valence-electron chi connectivity index (χ0n) is 14.9. The number of primary amides is 1. The number of carbonyl (C=O) groups excluding carboxylic acids is 2. The van der Waals surface area contributed by atoms with Crippen LogP contribution >= 0.6 is 0 Å². The normalized spacial score (nSPS) is 10.9. The van der Waals surface area contributed by atoms with Crippen molar-refractivity contribution in [2.75, 3.05) is 0 Å². The van der Waals surface area contributed by atoms with Crippen LogP contribution in [0, 0.1) is 11.3 Å². The molecule has 0 spiro atoms. The summed E-state index contributed by atoms with van der Waals surface area (Å²) >= 11 is 0. The molecule has 0 aliphatic heterocycles. The topological polar surface area (TPSA) is 105 Å². The summed E-state index contributed by atoms with van der Waals surface area (Å²) in [6.07, 6.45) is 1.37. The Bertz CT molecular complexity index is 1090. The van der Waals surface area contributed by atoms with Gasteiger partial charge >= 0.3 is 6.03 Å². The Balaban J connectivity index is 1.71. The molecule has 0 radical (unpaired) electrons. The Morgan fingerprint density at radius 3 is 2.46 bits per heavy atom. The van der Waals surface area contributed by atoms with Crippen molar-refractivity contribution >= 4 is 28.8 Å². The zero-order valence-corrected chi connectivity index (χ0v) is 14.9. The third kappa shape index (κ3) is 4.54. The Morgan fingerprint density at radius 2 is 1.75 bits per heavy atom. The molecule has 0 heterocycles. The number of nitrogens with zero attached hydrogens (tertiary/aromatic N) is 1. The third-order valence-corrected chi connectivity index (χ3v) is 4.07. The lowest BCUT2D eigenvalue weighted by Gasteiger charge is -2.09. The summed E-state index contributed by atoms with van der Waals surface area (Å²) in [4.78, 5) is 22.4. The van der Waals surface area contributed by atoms with Crippen molar-refractivity contribution in [1.82, 2.24) is 5.32 Å². The van der Waals surface area contributed by atoms with Crippen LogP contribution in [0.5, 0.6) is 5.75 Å². The summed E-state index contributed by atoms with van der Waals surface area (Å²) in [5.41, 5.74) is 6.37. The molecule has 0 bridgehead atoms.